The summed E-state index contributed by atoms with van der Waals surface area (Å²) in [6.45, 7) is 1.78. The van der Waals surface area contributed by atoms with Crippen LogP contribution >= 0.6 is 0 Å². The lowest BCUT2D eigenvalue weighted by Gasteiger charge is -2.52. The zero-order valence-corrected chi connectivity index (χ0v) is 24.3. The number of hydrogen-bond donors (Lipinski definition) is 1. The Balaban J connectivity index is 1.36. The Labute approximate surface area is 254 Å². The molecule has 5 rings (SSSR count). The highest BCUT2D eigenvalue weighted by Gasteiger charge is 2.49. The molecule has 2 aliphatic heterocycles. The normalized spacial score (nSPS) is 18.1. The summed E-state index contributed by atoms with van der Waals surface area (Å²) >= 11 is 0. The number of benzene rings is 3. The van der Waals surface area contributed by atoms with E-state index in [1.54, 1.807) is 36.4 Å². The van der Waals surface area contributed by atoms with Gasteiger partial charge in [0.05, 0.1) is 13.0 Å². The number of carbonyl (C=O) groups is 5. The van der Waals surface area contributed by atoms with Crippen LogP contribution in [-0.2, 0) is 32.1 Å². The second-order valence-electron chi connectivity index (χ2n) is 10.8. The van der Waals surface area contributed by atoms with E-state index < -0.39 is 35.9 Å². The van der Waals surface area contributed by atoms with Gasteiger partial charge in [0.15, 0.2) is 5.78 Å². The molecule has 10 nitrogen and oxygen atoms in total. The number of hydrogen-bond acceptors (Lipinski definition) is 6. The van der Waals surface area contributed by atoms with Gasteiger partial charge in [-0.25, -0.2) is 9.18 Å². The minimum atomic E-state index is -1.18. The van der Waals surface area contributed by atoms with Crippen LogP contribution < -0.4 is 5.32 Å². The molecule has 44 heavy (non-hydrogen) atoms. The number of nitrogens with one attached hydrogen (secondary N) is 1. The van der Waals surface area contributed by atoms with E-state index in [2.05, 4.69) is 5.32 Å². The average Bonchev–Trinajstić information content (AvgIpc) is 3.01. The number of urea groups is 1. The number of halogens is 1. The van der Waals surface area contributed by atoms with Gasteiger partial charge in [-0.2, -0.15) is 0 Å². The van der Waals surface area contributed by atoms with E-state index in [1.807, 2.05) is 30.3 Å². The molecule has 0 saturated carbocycles. The number of rotatable bonds is 9. The zero-order valence-electron chi connectivity index (χ0n) is 24.3. The van der Waals surface area contributed by atoms with Crippen molar-refractivity contribution < 1.29 is 33.1 Å². The maximum absolute atomic E-state index is 13.8. The minimum absolute atomic E-state index is 0.0121. The van der Waals surface area contributed by atoms with Gasteiger partial charge in [0, 0.05) is 30.8 Å². The van der Waals surface area contributed by atoms with Gasteiger partial charge in [0.1, 0.15) is 24.6 Å². The van der Waals surface area contributed by atoms with Crippen molar-refractivity contribution in [2.75, 3.05) is 25.0 Å². The van der Waals surface area contributed by atoms with Crippen LogP contribution in [0.3, 0.4) is 0 Å². The first-order valence-electron chi connectivity index (χ1n) is 14.4. The zero-order chi connectivity index (χ0) is 31.2. The number of esters is 1. The van der Waals surface area contributed by atoms with Crippen molar-refractivity contribution in [2.45, 2.75) is 45.0 Å². The van der Waals surface area contributed by atoms with Crippen LogP contribution in [0.4, 0.5) is 14.9 Å². The van der Waals surface area contributed by atoms with Crippen molar-refractivity contribution in [3.63, 3.8) is 0 Å². The third-order valence-corrected chi connectivity index (χ3v) is 7.82. The Bertz CT molecular complexity index is 1550. The number of anilines is 1. The molecule has 0 aromatic heterocycles. The largest absolute Gasteiger partial charge is 0.461 e. The van der Waals surface area contributed by atoms with Crippen molar-refractivity contribution in [2.24, 2.45) is 0 Å². The van der Waals surface area contributed by atoms with Gasteiger partial charge in [-0.1, -0.05) is 42.5 Å². The van der Waals surface area contributed by atoms with E-state index in [4.69, 9.17) is 4.74 Å². The molecule has 0 aliphatic carbocycles. The van der Waals surface area contributed by atoms with Crippen LogP contribution in [0, 0.1) is 5.82 Å². The molecule has 2 heterocycles. The molecule has 3 aromatic carbocycles. The van der Waals surface area contributed by atoms with Crippen molar-refractivity contribution in [1.29, 1.82) is 0 Å². The maximum Gasteiger partial charge on any atom is 0.323 e. The summed E-state index contributed by atoms with van der Waals surface area (Å²) in [6.07, 6.45) is -0.916. The first-order valence-corrected chi connectivity index (χ1v) is 14.4. The fourth-order valence-electron chi connectivity index (χ4n) is 5.51. The fraction of sp³-hybridized carbons (Fsp3) is 0.303. The molecule has 3 aromatic rings. The molecule has 2 atom stereocenters. The lowest BCUT2D eigenvalue weighted by molar-refractivity contribution is -0.170. The summed E-state index contributed by atoms with van der Waals surface area (Å²) in [5.74, 6) is -1.94. The molecular formula is C33H33FN4O6. The first kappa shape index (κ1) is 30.4. The monoisotopic (exact) mass is 600 g/mol. The molecule has 0 spiro atoms. The van der Waals surface area contributed by atoms with Crippen LogP contribution in [0.1, 0.15) is 41.3 Å². The molecule has 0 bridgehead atoms. The summed E-state index contributed by atoms with van der Waals surface area (Å²) in [7, 11) is 0. The van der Waals surface area contributed by atoms with Crippen molar-refractivity contribution in [1.82, 2.24) is 14.7 Å². The molecule has 0 unspecified atom stereocenters. The number of ketones is 1. The highest BCUT2D eigenvalue weighted by molar-refractivity contribution is 5.97. The SMILES string of the molecule is CC(=O)c1ccc(NC(=O)N2CCC(=O)N3[C@@H]2CN(CCc2cccc(F)c2)C(=O)[C@@H]3CC(=O)OCc2ccccc2)cc1. The highest BCUT2D eigenvalue weighted by Crippen LogP contribution is 2.28. The molecule has 4 amide bonds. The summed E-state index contributed by atoms with van der Waals surface area (Å²) in [4.78, 5) is 69.5. The first-order chi connectivity index (χ1) is 21.2. The molecular weight excluding hydrogens is 567 g/mol. The Morgan fingerprint density at radius 1 is 0.955 bits per heavy atom. The maximum atomic E-state index is 13.8. The van der Waals surface area contributed by atoms with Crippen molar-refractivity contribution in [3.8, 4) is 0 Å². The number of ether oxygens (including phenoxy) is 1. The van der Waals surface area contributed by atoms with Gasteiger partial charge in [0.25, 0.3) is 0 Å². The van der Waals surface area contributed by atoms with Crippen LogP contribution in [-0.4, -0.2) is 76.1 Å². The van der Waals surface area contributed by atoms with E-state index in [-0.39, 0.29) is 50.8 Å². The second kappa shape index (κ2) is 13.5. The topological polar surface area (TPSA) is 116 Å². The average molecular weight is 601 g/mol. The quantitative estimate of drug-likeness (QED) is 0.293. The minimum Gasteiger partial charge on any atom is -0.461 e. The van der Waals surface area contributed by atoms with Gasteiger partial charge in [0.2, 0.25) is 11.8 Å². The van der Waals surface area contributed by atoms with Crippen LogP contribution in [0.15, 0.2) is 78.9 Å². The van der Waals surface area contributed by atoms with Crippen molar-refractivity contribution >= 4 is 35.3 Å². The number of amides is 4. The highest BCUT2D eigenvalue weighted by atomic mass is 19.1. The molecule has 11 heteroatoms. The lowest BCUT2D eigenvalue weighted by atomic mass is 10.0. The van der Waals surface area contributed by atoms with Crippen LogP contribution in [0.25, 0.3) is 0 Å². The molecule has 2 saturated heterocycles. The van der Waals surface area contributed by atoms with E-state index in [0.717, 1.165) is 5.56 Å². The Hall–Kier alpha value is -5.06. The van der Waals surface area contributed by atoms with E-state index in [0.29, 0.717) is 23.2 Å². The third kappa shape index (κ3) is 7.11. The van der Waals surface area contributed by atoms with E-state index >= 15 is 0 Å². The number of fused-ring (bicyclic) bond motifs is 1. The van der Waals surface area contributed by atoms with E-state index in [1.165, 1.54) is 33.8 Å². The number of Topliss-reactive ketones (excluding diaryl/α,β-unsaturated/α-hetero) is 1. The van der Waals surface area contributed by atoms with Gasteiger partial charge < -0.3 is 24.8 Å². The van der Waals surface area contributed by atoms with Gasteiger partial charge in [-0.3, -0.25) is 19.2 Å². The number of carbonyl (C=O) groups excluding carboxylic acids is 5. The van der Waals surface area contributed by atoms with E-state index in [9.17, 15) is 28.4 Å². The number of nitrogens with zero attached hydrogens (tertiary/aromatic N) is 3. The molecule has 2 aliphatic rings. The molecule has 1 N–H and O–H groups in total. The Morgan fingerprint density at radius 3 is 2.39 bits per heavy atom. The van der Waals surface area contributed by atoms with Crippen molar-refractivity contribution in [3.05, 3.63) is 101 Å². The molecule has 0 radical (unpaired) electrons. The summed E-state index contributed by atoms with van der Waals surface area (Å²) < 4.78 is 19.3. The predicted molar refractivity (Wildman–Crippen MR) is 159 cm³/mol. The second-order valence-corrected chi connectivity index (χ2v) is 10.8. The van der Waals surface area contributed by atoms with Gasteiger partial charge >= 0.3 is 12.0 Å². The summed E-state index contributed by atoms with van der Waals surface area (Å²) in [5, 5.41) is 2.81. The molecule has 2 fully saturated rings. The number of piperazine rings is 1. The van der Waals surface area contributed by atoms with Crippen LogP contribution in [0.5, 0.6) is 0 Å². The Kier molecular flexibility index (Phi) is 9.32. The molecule has 228 valence electrons. The summed E-state index contributed by atoms with van der Waals surface area (Å²) in [5.41, 5.74) is 2.42. The summed E-state index contributed by atoms with van der Waals surface area (Å²) in [6, 6.07) is 19.9. The standard InChI is InChI=1S/C33H33FN4O6/c1-22(39)25-10-12-27(13-11-25)35-33(43)37-17-15-30(40)38-28(19-31(41)44-21-24-6-3-2-4-7-24)32(42)36(20-29(37)38)16-14-23-8-5-9-26(34)18-23/h2-13,18,28-29H,14-17,19-21H2,1H3,(H,35,43)/t28-,29+/m0/s1. The van der Waals surface area contributed by atoms with Gasteiger partial charge in [-0.15, -0.1) is 0 Å². The lowest BCUT2D eigenvalue weighted by Crippen LogP contribution is -2.72. The van der Waals surface area contributed by atoms with Crippen LogP contribution in [0.2, 0.25) is 0 Å². The third-order valence-electron chi connectivity index (χ3n) is 7.82. The smallest absolute Gasteiger partial charge is 0.323 e. The predicted octanol–water partition coefficient (Wildman–Crippen LogP) is 4.01. The fourth-order valence-corrected chi connectivity index (χ4v) is 5.51. The Morgan fingerprint density at radius 2 is 1.68 bits per heavy atom. The van der Waals surface area contributed by atoms with Gasteiger partial charge in [-0.05, 0) is 60.9 Å².